The predicted molar refractivity (Wildman–Crippen MR) is 89.5 cm³/mol. The van der Waals surface area contributed by atoms with Gasteiger partial charge in [-0.05, 0) is 47.6 Å². The van der Waals surface area contributed by atoms with E-state index in [1.54, 1.807) is 0 Å². The van der Waals surface area contributed by atoms with E-state index in [1.165, 1.54) is 0 Å². The SMILES string of the molecule is NC(CN1CCC(NC(=O)c2ccccc2I)CC1)=NO. The second kappa shape index (κ2) is 7.60. The number of nitrogens with one attached hydrogen (secondary N) is 1. The molecule has 0 saturated carbocycles. The van der Waals surface area contributed by atoms with Crippen molar-refractivity contribution in [1.29, 1.82) is 0 Å². The van der Waals surface area contributed by atoms with Gasteiger partial charge >= 0.3 is 0 Å². The number of piperidine rings is 1. The molecule has 1 aliphatic rings. The number of nitrogens with zero attached hydrogens (tertiary/aromatic N) is 2. The summed E-state index contributed by atoms with van der Waals surface area (Å²) in [5, 5.41) is 14.6. The predicted octanol–water partition coefficient (Wildman–Crippen LogP) is 1.23. The third-order valence-corrected chi connectivity index (χ3v) is 4.50. The zero-order valence-corrected chi connectivity index (χ0v) is 13.8. The van der Waals surface area contributed by atoms with Crippen molar-refractivity contribution in [3.63, 3.8) is 0 Å². The molecule has 21 heavy (non-hydrogen) atoms. The van der Waals surface area contributed by atoms with Crippen LogP contribution in [-0.4, -0.2) is 47.5 Å². The fourth-order valence-corrected chi connectivity index (χ4v) is 3.04. The number of rotatable bonds is 4. The number of benzene rings is 1. The van der Waals surface area contributed by atoms with E-state index in [4.69, 9.17) is 10.9 Å². The summed E-state index contributed by atoms with van der Waals surface area (Å²) in [5.74, 6) is 0.200. The van der Waals surface area contributed by atoms with Gasteiger partial charge in [-0.2, -0.15) is 0 Å². The number of likely N-dealkylation sites (tertiary alicyclic amines) is 1. The van der Waals surface area contributed by atoms with Gasteiger partial charge in [0.25, 0.3) is 5.91 Å². The molecular weight excluding hydrogens is 383 g/mol. The summed E-state index contributed by atoms with van der Waals surface area (Å²) in [5.41, 5.74) is 6.22. The minimum atomic E-state index is -0.0186. The Kier molecular flexibility index (Phi) is 5.80. The van der Waals surface area contributed by atoms with Gasteiger partial charge in [0.15, 0.2) is 5.84 Å². The number of oxime groups is 1. The van der Waals surface area contributed by atoms with Gasteiger partial charge in [-0.25, -0.2) is 0 Å². The van der Waals surface area contributed by atoms with Crippen LogP contribution in [0.3, 0.4) is 0 Å². The number of halogens is 1. The van der Waals surface area contributed by atoms with Gasteiger partial charge in [-0.3, -0.25) is 9.69 Å². The average Bonchev–Trinajstić information content (AvgIpc) is 2.49. The molecule has 6 nitrogen and oxygen atoms in total. The summed E-state index contributed by atoms with van der Waals surface area (Å²) in [6, 6.07) is 7.73. The van der Waals surface area contributed by atoms with Crippen LogP contribution in [0, 0.1) is 3.57 Å². The Labute approximate surface area is 137 Å². The first-order valence-corrected chi connectivity index (χ1v) is 7.92. The summed E-state index contributed by atoms with van der Waals surface area (Å²) >= 11 is 2.17. The lowest BCUT2D eigenvalue weighted by atomic mass is 10.0. The van der Waals surface area contributed by atoms with Crippen molar-refractivity contribution in [2.75, 3.05) is 19.6 Å². The number of carbonyl (C=O) groups excluding carboxylic acids is 1. The maximum atomic E-state index is 12.2. The molecule has 0 bridgehead atoms. The van der Waals surface area contributed by atoms with Crippen molar-refractivity contribution in [2.45, 2.75) is 18.9 Å². The van der Waals surface area contributed by atoms with E-state index >= 15 is 0 Å². The van der Waals surface area contributed by atoms with Crippen LogP contribution in [0.1, 0.15) is 23.2 Å². The summed E-state index contributed by atoms with van der Waals surface area (Å²) in [6.07, 6.45) is 1.74. The van der Waals surface area contributed by atoms with Crippen molar-refractivity contribution in [1.82, 2.24) is 10.2 Å². The van der Waals surface area contributed by atoms with Crippen LogP contribution in [0.15, 0.2) is 29.4 Å². The molecule has 0 unspecified atom stereocenters. The maximum absolute atomic E-state index is 12.2. The van der Waals surface area contributed by atoms with Crippen LogP contribution >= 0.6 is 22.6 Å². The number of amides is 1. The number of amidine groups is 1. The van der Waals surface area contributed by atoms with E-state index in [-0.39, 0.29) is 17.8 Å². The highest BCUT2D eigenvalue weighted by atomic mass is 127. The lowest BCUT2D eigenvalue weighted by Gasteiger charge is -2.31. The highest BCUT2D eigenvalue weighted by Crippen LogP contribution is 2.14. The van der Waals surface area contributed by atoms with Crippen LogP contribution in [0.4, 0.5) is 0 Å². The van der Waals surface area contributed by atoms with Gasteiger partial charge in [0, 0.05) is 22.7 Å². The lowest BCUT2D eigenvalue weighted by Crippen LogP contribution is -2.46. The molecule has 1 fully saturated rings. The molecule has 0 aromatic heterocycles. The van der Waals surface area contributed by atoms with Gasteiger partial charge in [0.05, 0.1) is 12.1 Å². The second-order valence-corrected chi connectivity index (χ2v) is 6.26. The zero-order chi connectivity index (χ0) is 15.2. The molecule has 1 heterocycles. The normalized spacial score (nSPS) is 17.7. The van der Waals surface area contributed by atoms with Gasteiger partial charge in [-0.15, -0.1) is 0 Å². The third-order valence-electron chi connectivity index (χ3n) is 3.56. The maximum Gasteiger partial charge on any atom is 0.252 e. The standard InChI is InChI=1S/C14H19IN4O2/c15-12-4-2-1-3-11(12)14(20)17-10-5-7-19(8-6-10)9-13(16)18-21/h1-4,10,21H,5-9H2,(H2,16,18)(H,17,20). The molecule has 114 valence electrons. The van der Waals surface area contributed by atoms with Crippen molar-refractivity contribution in [2.24, 2.45) is 10.9 Å². The van der Waals surface area contributed by atoms with E-state index < -0.39 is 0 Å². The fourth-order valence-electron chi connectivity index (χ4n) is 2.40. The third kappa shape index (κ3) is 4.57. The second-order valence-electron chi connectivity index (χ2n) is 5.10. The Morgan fingerprint density at radius 1 is 1.43 bits per heavy atom. The van der Waals surface area contributed by atoms with Crippen molar-refractivity contribution in [3.8, 4) is 0 Å². The van der Waals surface area contributed by atoms with Crippen LogP contribution in [0.2, 0.25) is 0 Å². The molecule has 1 aromatic rings. The van der Waals surface area contributed by atoms with E-state index in [9.17, 15) is 4.79 Å². The Bertz CT molecular complexity index is 527. The molecule has 1 aliphatic heterocycles. The smallest absolute Gasteiger partial charge is 0.252 e. The van der Waals surface area contributed by atoms with Crippen LogP contribution in [0.5, 0.6) is 0 Å². The van der Waals surface area contributed by atoms with E-state index in [1.807, 2.05) is 24.3 Å². The monoisotopic (exact) mass is 402 g/mol. The van der Waals surface area contributed by atoms with Crippen LogP contribution in [0.25, 0.3) is 0 Å². The van der Waals surface area contributed by atoms with E-state index in [0.717, 1.165) is 35.1 Å². The molecule has 7 heteroatoms. The molecule has 1 aromatic carbocycles. The van der Waals surface area contributed by atoms with Crippen LogP contribution < -0.4 is 11.1 Å². The van der Waals surface area contributed by atoms with Gasteiger partial charge in [0.2, 0.25) is 0 Å². The van der Waals surface area contributed by atoms with E-state index in [2.05, 4.69) is 38.0 Å². The first-order valence-electron chi connectivity index (χ1n) is 6.84. The molecule has 2 rings (SSSR count). The molecule has 1 saturated heterocycles. The topological polar surface area (TPSA) is 91.0 Å². The number of hydrogen-bond donors (Lipinski definition) is 3. The quantitative estimate of drug-likeness (QED) is 0.232. The fraction of sp³-hybridized carbons (Fsp3) is 0.429. The first-order chi connectivity index (χ1) is 10.1. The number of hydrogen-bond acceptors (Lipinski definition) is 4. The van der Waals surface area contributed by atoms with Crippen molar-refractivity contribution in [3.05, 3.63) is 33.4 Å². The highest BCUT2D eigenvalue weighted by molar-refractivity contribution is 14.1. The molecule has 0 aliphatic carbocycles. The largest absolute Gasteiger partial charge is 0.409 e. The Morgan fingerprint density at radius 2 is 2.10 bits per heavy atom. The summed E-state index contributed by atoms with van der Waals surface area (Å²) in [4.78, 5) is 14.4. The lowest BCUT2D eigenvalue weighted by molar-refractivity contribution is 0.0914. The van der Waals surface area contributed by atoms with Gasteiger partial charge < -0.3 is 16.3 Å². The first kappa shape index (κ1) is 16.0. The number of nitrogens with two attached hydrogens (primary N) is 1. The Balaban J connectivity index is 1.84. The summed E-state index contributed by atoms with van der Waals surface area (Å²) in [6.45, 7) is 2.12. The van der Waals surface area contributed by atoms with Gasteiger partial charge in [-0.1, -0.05) is 17.3 Å². The number of carbonyl (C=O) groups is 1. The van der Waals surface area contributed by atoms with E-state index in [0.29, 0.717) is 6.54 Å². The molecule has 1 amide bonds. The van der Waals surface area contributed by atoms with Crippen molar-refractivity contribution < 1.29 is 10.0 Å². The van der Waals surface area contributed by atoms with Gasteiger partial charge in [0.1, 0.15) is 0 Å². The Morgan fingerprint density at radius 3 is 2.71 bits per heavy atom. The minimum absolute atomic E-state index is 0.0186. The zero-order valence-electron chi connectivity index (χ0n) is 11.6. The van der Waals surface area contributed by atoms with Crippen molar-refractivity contribution >= 4 is 34.3 Å². The van der Waals surface area contributed by atoms with Crippen LogP contribution in [-0.2, 0) is 0 Å². The minimum Gasteiger partial charge on any atom is -0.409 e. The molecule has 0 radical (unpaired) electrons. The molecular formula is C14H19IN4O2. The summed E-state index contributed by atoms with van der Waals surface area (Å²) < 4.78 is 0.956. The Hall–Kier alpha value is -1.35. The summed E-state index contributed by atoms with van der Waals surface area (Å²) in [7, 11) is 0. The molecule has 0 atom stereocenters. The highest BCUT2D eigenvalue weighted by Gasteiger charge is 2.22. The average molecular weight is 402 g/mol. The molecule has 4 N–H and O–H groups in total. The molecule has 0 spiro atoms.